The van der Waals surface area contributed by atoms with Crippen LogP contribution >= 0.6 is 35.8 Å². The summed E-state index contributed by atoms with van der Waals surface area (Å²) in [5, 5.41) is 8.63. The molecule has 2 atom stereocenters. The largest absolute Gasteiger partial charge is 0.511 e. The second-order valence-electron chi connectivity index (χ2n) is 3.49. The zero-order chi connectivity index (χ0) is 11.5. The average Bonchev–Trinajstić information content (AvgIpc) is 2.14. The molecular formula is C10H12Cl2O2S. The van der Waals surface area contributed by atoms with E-state index in [4.69, 9.17) is 23.2 Å². The fraction of sp³-hybridized carbons (Fsp3) is 0.500. The molecule has 0 amide bonds. The van der Waals surface area contributed by atoms with Crippen LogP contribution in [0.25, 0.3) is 0 Å². The number of halogens is 2. The van der Waals surface area contributed by atoms with Gasteiger partial charge in [0.25, 0.3) is 0 Å². The van der Waals surface area contributed by atoms with Crippen LogP contribution in [0.15, 0.2) is 24.0 Å². The molecule has 1 rings (SSSR count). The second-order valence-corrected chi connectivity index (χ2v) is 5.13. The van der Waals surface area contributed by atoms with E-state index in [0.717, 1.165) is 0 Å². The Bertz CT molecular complexity index is 315. The van der Waals surface area contributed by atoms with Gasteiger partial charge in [-0.05, 0) is 18.9 Å². The normalized spacial score (nSPS) is 30.1. The Morgan fingerprint density at radius 2 is 2.33 bits per heavy atom. The fourth-order valence-corrected chi connectivity index (χ4v) is 2.17. The van der Waals surface area contributed by atoms with Gasteiger partial charge in [0.2, 0.25) is 0 Å². The number of thiol groups is 1. The molecule has 84 valence electrons. The molecule has 0 aromatic carbocycles. The van der Waals surface area contributed by atoms with Crippen molar-refractivity contribution in [2.45, 2.75) is 29.5 Å². The molecule has 0 saturated heterocycles. The van der Waals surface area contributed by atoms with Crippen molar-refractivity contribution in [1.29, 1.82) is 0 Å². The van der Waals surface area contributed by atoms with Gasteiger partial charge in [-0.1, -0.05) is 12.2 Å². The van der Waals surface area contributed by atoms with Crippen molar-refractivity contribution < 1.29 is 9.90 Å². The maximum atomic E-state index is 10.6. The van der Waals surface area contributed by atoms with E-state index < -0.39 is 10.3 Å². The van der Waals surface area contributed by atoms with Crippen molar-refractivity contribution in [3.05, 3.63) is 24.0 Å². The number of hydrogen-bond donors (Lipinski definition) is 2. The van der Waals surface area contributed by atoms with E-state index in [1.54, 1.807) is 12.2 Å². The molecule has 2 unspecified atom stereocenters. The van der Waals surface area contributed by atoms with E-state index in [0.29, 0.717) is 19.3 Å². The van der Waals surface area contributed by atoms with Crippen LogP contribution in [0.5, 0.6) is 0 Å². The predicted molar refractivity (Wildman–Crippen MR) is 65.9 cm³/mol. The third-order valence-electron chi connectivity index (χ3n) is 2.27. The Labute approximate surface area is 104 Å². The van der Waals surface area contributed by atoms with Crippen LogP contribution in [0, 0.1) is 0 Å². The first-order valence-electron chi connectivity index (χ1n) is 4.59. The first-order valence-corrected chi connectivity index (χ1v) is 5.85. The maximum Gasteiger partial charge on any atom is 0.185 e. The minimum absolute atomic E-state index is 0.0615. The van der Waals surface area contributed by atoms with Gasteiger partial charge in [0.1, 0.15) is 11.1 Å². The van der Waals surface area contributed by atoms with E-state index in [-0.39, 0.29) is 10.9 Å². The highest BCUT2D eigenvalue weighted by atomic mass is 35.5. The SMILES string of the molecule is O=C(S)CCCC1(Cl)C=CC=C(O)C1Cl. The van der Waals surface area contributed by atoms with Crippen LogP contribution in [0.4, 0.5) is 0 Å². The lowest BCUT2D eigenvalue weighted by Gasteiger charge is -2.30. The molecule has 0 spiro atoms. The van der Waals surface area contributed by atoms with Gasteiger partial charge in [-0.25, -0.2) is 0 Å². The molecule has 5 heteroatoms. The molecular weight excluding hydrogens is 255 g/mol. The Balaban J connectivity index is 2.56. The maximum absolute atomic E-state index is 10.6. The molecule has 0 aromatic heterocycles. The van der Waals surface area contributed by atoms with E-state index in [9.17, 15) is 9.90 Å². The summed E-state index contributed by atoms with van der Waals surface area (Å²) in [7, 11) is 0. The average molecular weight is 267 g/mol. The zero-order valence-corrected chi connectivity index (χ0v) is 10.4. The molecule has 0 radical (unpaired) electrons. The van der Waals surface area contributed by atoms with Crippen molar-refractivity contribution >= 4 is 40.9 Å². The lowest BCUT2D eigenvalue weighted by molar-refractivity contribution is -0.110. The molecule has 0 aromatic rings. The van der Waals surface area contributed by atoms with Gasteiger partial charge in [-0.2, -0.15) is 0 Å². The Hall–Kier alpha value is -0.120. The molecule has 1 aliphatic carbocycles. The predicted octanol–water partition coefficient (Wildman–Crippen LogP) is 3.21. The number of alkyl halides is 2. The summed E-state index contributed by atoms with van der Waals surface area (Å²) in [6.07, 6.45) is 6.43. The highest BCUT2D eigenvalue weighted by molar-refractivity contribution is 7.96. The van der Waals surface area contributed by atoms with Gasteiger partial charge in [0.15, 0.2) is 5.12 Å². The minimum atomic E-state index is -0.802. The van der Waals surface area contributed by atoms with E-state index in [2.05, 4.69) is 12.6 Å². The molecule has 0 fully saturated rings. The number of allylic oxidation sites excluding steroid dienone is 4. The summed E-state index contributed by atoms with van der Waals surface area (Å²) in [5.74, 6) is 0.0615. The number of aliphatic hydroxyl groups excluding tert-OH is 1. The molecule has 2 nitrogen and oxygen atoms in total. The lowest BCUT2D eigenvalue weighted by atomic mass is 9.92. The zero-order valence-electron chi connectivity index (χ0n) is 7.99. The second kappa shape index (κ2) is 5.28. The number of rotatable bonds is 4. The Morgan fingerprint density at radius 1 is 1.67 bits per heavy atom. The number of carbonyl (C=O) groups is 1. The van der Waals surface area contributed by atoms with Gasteiger partial charge in [-0.3, -0.25) is 4.79 Å². The van der Waals surface area contributed by atoms with Gasteiger partial charge < -0.3 is 5.11 Å². The van der Waals surface area contributed by atoms with Crippen molar-refractivity contribution in [2.75, 3.05) is 0 Å². The minimum Gasteiger partial charge on any atom is -0.511 e. The summed E-state index contributed by atoms with van der Waals surface area (Å²) < 4.78 is 0. The third kappa shape index (κ3) is 3.44. The van der Waals surface area contributed by atoms with Crippen LogP contribution in [-0.4, -0.2) is 20.5 Å². The highest BCUT2D eigenvalue weighted by Gasteiger charge is 2.37. The summed E-state index contributed by atoms with van der Waals surface area (Å²) in [4.78, 5) is 9.84. The molecule has 0 bridgehead atoms. The van der Waals surface area contributed by atoms with Gasteiger partial charge in [0, 0.05) is 6.42 Å². The molecule has 1 aliphatic rings. The van der Waals surface area contributed by atoms with Crippen LogP contribution in [0.2, 0.25) is 0 Å². The molecule has 1 N–H and O–H groups in total. The van der Waals surface area contributed by atoms with Crippen LogP contribution in [0.3, 0.4) is 0 Å². The van der Waals surface area contributed by atoms with E-state index in [1.165, 1.54) is 6.08 Å². The number of aliphatic hydroxyl groups is 1. The summed E-state index contributed by atoms with van der Waals surface area (Å²) in [6, 6.07) is 0. The van der Waals surface area contributed by atoms with Crippen LogP contribution in [-0.2, 0) is 4.79 Å². The first-order chi connectivity index (χ1) is 6.96. The highest BCUT2D eigenvalue weighted by Crippen LogP contribution is 2.37. The standard InChI is InChI=1S/C10H12Cl2O2S/c11-9-7(13)3-1-5-10(9,12)6-2-4-8(14)15/h1,3,5,9,13H,2,4,6H2,(H,14,15). The van der Waals surface area contributed by atoms with Crippen molar-refractivity contribution in [1.82, 2.24) is 0 Å². The Morgan fingerprint density at radius 3 is 2.93 bits per heavy atom. The monoisotopic (exact) mass is 266 g/mol. The van der Waals surface area contributed by atoms with Crippen molar-refractivity contribution in [3.63, 3.8) is 0 Å². The lowest BCUT2D eigenvalue weighted by Crippen LogP contribution is -2.34. The molecule has 0 aliphatic heterocycles. The van der Waals surface area contributed by atoms with Crippen molar-refractivity contribution in [3.8, 4) is 0 Å². The molecule has 0 heterocycles. The third-order valence-corrected chi connectivity index (χ3v) is 3.75. The van der Waals surface area contributed by atoms with Crippen LogP contribution < -0.4 is 0 Å². The van der Waals surface area contributed by atoms with Crippen molar-refractivity contribution in [2.24, 2.45) is 0 Å². The van der Waals surface area contributed by atoms with E-state index >= 15 is 0 Å². The topological polar surface area (TPSA) is 37.3 Å². The van der Waals surface area contributed by atoms with Gasteiger partial charge in [0.05, 0.1) is 4.87 Å². The summed E-state index contributed by atoms with van der Waals surface area (Å²) in [5.41, 5.74) is 0. The quantitative estimate of drug-likeness (QED) is 0.606. The van der Waals surface area contributed by atoms with Gasteiger partial charge in [-0.15, -0.1) is 35.8 Å². The molecule has 0 saturated carbocycles. The van der Waals surface area contributed by atoms with Gasteiger partial charge >= 0.3 is 0 Å². The smallest absolute Gasteiger partial charge is 0.185 e. The fourth-order valence-electron chi connectivity index (χ4n) is 1.44. The van der Waals surface area contributed by atoms with Crippen LogP contribution in [0.1, 0.15) is 19.3 Å². The molecule has 15 heavy (non-hydrogen) atoms. The first kappa shape index (κ1) is 12.9. The summed E-state index contributed by atoms with van der Waals surface area (Å²) >= 11 is 15.9. The Kier molecular flexibility index (Phi) is 4.56. The number of hydrogen-bond acceptors (Lipinski definition) is 2. The number of carbonyl (C=O) groups excluding carboxylic acids is 1. The summed E-state index contributed by atoms with van der Waals surface area (Å²) in [6.45, 7) is 0. The van der Waals surface area contributed by atoms with E-state index in [1.807, 2.05) is 0 Å².